The molecule has 2 heteroatoms. The van der Waals surface area contributed by atoms with Crippen LogP contribution in [0.2, 0.25) is 0 Å². The third kappa shape index (κ3) is 1.40. The maximum Gasteiger partial charge on any atom is 0.133 e. The average molecular weight is 196 g/mol. The lowest BCUT2D eigenvalue weighted by molar-refractivity contribution is -0.132. The number of hydrogen-bond acceptors (Lipinski definition) is 2. The van der Waals surface area contributed by atoms with Crippen molar-refractivity contribution in [3.8, 4) is 0 Å². The summed E-state index contributed by atoms with van der Waals surface area (Å²) in [6, 6.07) is 0. The molecule has 0 aliphatic heterocycles. The number of aliphatic hydroxyl groups is 1. The molecule has 0 aromatic rings. The third-order valence-electron chi connectivity index (χ3n) is 4.78. The van der Waals surface area contributed by atoms with E-state index in [1.165, 1.54) is 0 Å². The zero-order valence-corrected chi connectivity index (χ0v) is 9.12. The highest BCUT2D eigenvalue weighted by atomic mass is 16.3. The fourth-order valence-electron chi connectivity index (χ4n) is 3.32. The molecule has 0 saturated heterocycles. The number of carbonyl (C=O) groups is 1. The fourth-order valence-corrected chi connectivity index (χ4v) is 3.32. The Bertz CT molecular complexity index is 249. The van der Waals surface area contributed by atoms with E-state index in [1.54, 1.807) is 0 Å². The third-order valence-corrected chi connectivity index (χ3v) is 4.78. The number of aliphatic hydroxyl groups excluding tert-OH is 1. The molecular weight excluding hydrogens is 176 g/mol. The van der Waals surface area contributed by atoms with Gasteiger partial charge in [0.15, 0.2) is 0 Å². The summed E-state index contributed by atoms with van der Waals surface area (Å²) in [5.41, 5.74) is 0.214. The van der Waals surface area contributed by atoms with Gasteiger partial charge in [0.25, 0.3) is 0 Å². The van der Waals surface area contributed by atoms with Crippen molar-refractivity contribution in [1.82, 2.24) is 0 Å². The maximum absolute atomic E-state index is 11.4. The van der Waals surface area contributed by atoms with Crippen molar-refractivity contribution >= 4 is 5.78 Å². The largest absolute Gasteiger partial charge is 0.393 e. The molecule has 2 saturated carbocycles. The minimum atomic E-state index is -0.149. The molecule has 0 unspecified atom stereocenters. The molecule has 2 nitrogen and oxygen atoms in total. The minimum Gasteiger partial charge on any atom is -0.393 e. The van der Waals surface area contributed by atoms with Gasteiger partial charge in [0.05, 0.1) is 6.10 Å². The number of Topliss-reactive ketones (excluding diaryl/α,β-unsaturated/α-hetero) is 1. The molecule has 1 N–H and O–H groups in total. The summed E-state index contributed by atoms with van der Waals surface area (Å²) >= 11 is 0. The molecule has 0 bridgehead atoms. The van der Waals surface area contributed by atoms with Crippen molar-refractivity contribution < 1.29 is 9.90 Å². The maximum atomic E-state index is 11.4. The molecule has 2 rings (SSSR count). The van der Waals surface area contributed by atoms with Crippen LogP contribution in [0.4, 0.5) is 0 Å². The normalized spacial score (nSPS) is 48.8. The van der Waals surface area contributed by atoms with E-state index in [1.807, 2.05) is 0 Å². The Morgan fingerprint density at radius 1 is 1.43 bits per heavy atom. The van der Waals surface area contributed by atoms with Crippen LogP contribution in [0.15, 0.2) is 0 Å². The van der Waals surface area contributed by atoms with E-state index in [9.17, 15) is 9.90 Å². The van der Waals surface area contributed by atoms with Gasteiger partial charge in [-0.25, -0.2) is 0 Å². The van der Waals surface area contributed by atoms with Crippen molar-refractivity contribution in [2.75, 3.05) is 0 Å². The SMILES string of the molecule is C[C@H]1[C@H](O)CC[C@H]2CC(=O)CC[C@@]21C. The molecule has 14 heavy (non-hydrogen) atoms. The minimum absolute atomic E-state index is 0.149. The summed E-state index contributed by atoms with van der Waals surface area (Å²) in [4.78, 5) is 11.4. The highest BCUT2D eigenvalue weighted by Crippen LogP contribution is 2.52. The number of carbonyl (C=O) groups excluding carboxylic acids is 1. The highest BCUT2D eigenvalue weighted by Gasteiger charge is 2.48. The molecule has 0 radical (unpaired) electrons. The Balaban J connectivity index is 2.20. The summed E-state index contributed by atoms with van der Waals surface area (Å²) < 4.78 is 0. The van der Waals surface area contributed by atoms with Crippen LogP contribution in [0.5, 0.6) is 0 Å². The van der Waals surface area contributed by atoms with Crippen molar-refractivity contribution in [3.63, 3.8) is 0 Å². The fraction of sp³-hybridized carbons (Fsp3) is 0.917. The van der Waals surface area contributed by atoms with Gasteiger partial charge < -0.3 is 5.11 Å². The second kappa shape index (κ2) is 3.34. The zero-order chi connectivity index (χ0) is 10.3. The first kappa shape index (κ1) is 10.2. The quantitative estimate of drug-likeness (QED) is 0.644. The van der Waals surface area contributed by atoms with E-state index in [0.717, 1.165) is 32.1 Å². The Hall–Kier alpha value is -0.370. The van der Waals surface area contributed by atoms with Gasteiger partial charge in [-0.15, -0.1) is 0 Å². The smallest absolute Gasteiger partial charge is 0.133 e. The predicted octanol–water partition coefficient (Wildman–Crippen LogP) is 2.15. The van der Waals surface area contributed by atoms with E-state index in [2.05, 4.69) is 13.8 Å². The van der Waals surface area contributed by atoms with Crippen molar-refractivity contribution in [2.45, 2.75) is 52.1 Å². The van der Waals surface area contributed by atoms with Gasteiger partial charge >= 0.3 is 0 Å². The Morgan fingerprint density at radius 3 is 2.86 bits per heavy atom. The lowest BCUT2D eigenvalue weighted by Gasteiger charge is -2.50. The number of rotatable bonds is 0. The van der Waals surface area contributed by atoms with E-state index in [0.29, 0.717) is 17.6 Å². The van der Waals surface area contributed by atoms with E-state index < -0.39 is 0 Å². The van der Waals surface area contributed by atoms with Crippen LogP contribution in [-0.2, 0) is 4.79 Å². The van der Waals surface area contributed by atoms with E-state index in [-0.39, 0.29) is 11.5 Å². The monoisotopic (exact) mass is 196 g/mol. The first-order valence-electron chi connectivity index (χ1n) is 5.74. The standard InChI is InChI=1S/C12H20O2/c1-8-11(14)4-3-9-7-10(13)5-6-12(8,9)2/h8-9,11,14H,3-7H2,1-2H3/t8-,9-,11+,12+/m0/s1. The molecule has 80 valence electrons. The average Bonchev–Trinajstić information content (AvgIpc) is 2.16. The predicted molar refractivity (Wildman–Crippen MR) is 54.9 cm³/mol. The van der Waals surface area contributed by atoms with Crippen LogP contribution in [0.1, 0.15) is 46.0 Å². The highest BCUT2D eigenvalue weighted by molar-refractivity contribution is 5.79. The van der Waals surface area contributed by atoms with Crippen molar-refractivity contribution in [3.05, 3.63) is 0 Å². The Kier molecular flexibility index (Phi) is 2.42. The summed E-state index contributed by atoms with van der Waals surface area (Å²) in [6.45, 7) is 4.41. The molecule has 0 aromatic heterocycles. The molecule has 0 aromatic carbocycles. The molecule has 0 spiro atoms. The van der Waals surface area contributed by atoms with Crippen molar-refractivity contribution in [2.24, 2.45) is 17.3 Å². The first-order chi connectivity index (χ1) is 6.54. The Labute approximate surface area is 85.7 Å². The second-order valence-electron chi connectivity index (χ2n) is 5.38. The molecule has 4 atom stereocenters. The van der Waals surface area contributed by atoms with Gasteiger partial charge in [-0.2, -0.15) is 0 Å². The number of ketones is 1. The van der Waals surface area contributed by atoms with Gasteiger partial charge in [0.2, 0.25) is 0 Å². The molecule has 2 fully saturated rings. The van der Waals surface area contributed by atoms with Gasteiger partial charge in [0.1, 0.15) is 5.78 Å². The van der Waals surface area contributed by atoms with Crippen LogP contribution in [0, 0.1) is 17.3 Å². The van der Waals surface area contributed by atoms with E-state index in [4.69, 9.17) is 0 Å². The molecule has 2 aliphatic rings. The first-order valence-corrected chi connectivity index (χ1v) is 5.74. The molecular formula is C12H20O2. The zero-order valence-electron chi connectivity index (χ0n) is 9.12. The number of fused-ring (bicyclic) bond motifs is 1. The van der Waals surface area contributed by atoms with Gasteiger partial charge in [0, 0.05) is 12.8 Å². The topological polar surface area (TPSA) is 37.3 Å². The van der Waals surface area contributed by atoms with Crippen LogP contribution in [0.3, 0.4) is 0 Å². The summed E-state index contributed by atoms with van der Waals surface area (Å²) in [5.74, 6) is 1.31. The molecule has 0 amide bonds. The Morgan fingerprint density at radius 2 is 2.14 bits per heavy atom. The van der Waals surface area contributed by atoms with Gasteiger partial charge in [-0.3, -0.25) is 4.79 Å². The lowest BCUT2D eigenvalue weighted by Crippen LogP contribution is -2.47. The second-order valence-corrected chi connectivity index (χ2v) is 5.38. The van der Waals surface area contributed by atoms with Crippen LogP contribution in [0.25, 0.3) is 0 Å². The number of hydrogen-bond donors (Lipinski definition) is 1. The molecule has 2 aliphatic carbocycles. The van der Waals surface area contributed by atoms with Gasteiger partial charge in [-0.1, -0.05) is 13.8 Å². The van der Waals surface area contributed by atoms with Crippen LogP contribution >= 0.6 is 0 Å². The van der Waals surface area contributed by atoms with Gasteiger partial charge in [-0.05, 0) is 36.5 Å². The summed E-state index contributed by atoms with van der Waals surface area (Å²) in [7, 11) is 0. The summed E-state index contributed by atoms with van der Waals surface area (Å²) in [6.07, 6.45) is 4.24. The van der Waals surface area contributed by atoms with Crippen molar-refractivity contribution in [1.29, 1.82) is 0 Å². The van der Waals surface area contributed by atoms with E-state index >= 15 is 0 Å². The van der Waals surface area contributed by atoms with Crippen LogP contribution in [-0.4, -0.2) is 17.0 Å². The molecule has 0 heterocycles. The lowest BCUT2D eigenvalue weighted by atomic mass is 9.55. The summed E-state index contributed by atoms with van der Waals surface area (Å²) in [5, 5.41) is 9.86. The van der Waals surface area contributed by atoms with Crippen LogP contribution < -0.4 is 0 Å².